The van der Waals surface area contributed by atoms with E-state index in [1.807, 2.05) is 0 Å². The van der Waals surface area contributed by atoms with Crippen molar-refractivity contribution in [1.29, 1.82) is 0 Å². The van der Waals surface area contributed by atoms with Gasteiger partial charge in [0, 0.05) is 11.4 Å². The molecular weight excluding hydrogens is 236 g/mol. The van der Waals surface area contributed by atoms with Crippen LogP contribution in [0.3, 0.4) is 0 Å². The molecule has 0 unspecified atom stereocenters. The summed E-state index contributed by atoms with van der Waals surface area (Å²) in [5.74, 6) is -1.50. The van der Waals surface area contributed by atoms with Crippen molar-refractivity contribution in [1.82, 2.24) is 0 Å². The first-order valence-corrected chi connectivity index (χ1v) is 5.48. The van der Waals surface area contributed by atoms with Crippen molar-refractivity contribution < 1.29 is 19.4 Å². The predicted octanol–water partition coefficient (Wildman–Crippen LogP) is 1.25. The average Bonchev–Trinajstić information content (AvgIpc) is 2.30. The van der Waals surface area contributed by atoms with E-state index in [0.717, 1.165) is 0 Å². The van der Waals surface area contributed by atoms with Crippen molar-refractivity contribution in [2.45, 2.75) is 13.8 Å². The Morgan fingerprint density at radius 1 is 1.44 bits per heavy atom. The van der Waals surface area contributed by atoms with Gasteiger partial charge in [-0.15, -0.1) is 0 Å². The van der Waals surface area contributed by atoms with Gasteiger partial charge in [0.1, 0.15) is 6.54 Å². The molecule has 18 heavy (non-hydrogen) atoms. The predicted molar refractivity (Wildman–Crippen MR) is 67.7 cm³/mol. The maximum atomic E-state index is 11.2. The lowest BCUT2D eigenvalue weighted by Gasteiger charge is -2.10. The third kappa shape index (κ3) is 3.38. The first kappa shape index (κ1) is 13.8. The Morgan fingerprint density at radius 2 is 2.11 bits per heavy atom. The van der Waals surface area contributed by atoms with Gasteiger partial charge in [0.05, 0.1) is 12.2 Å². The SMILES string of the molecule is CCOC(=O)CNc1cc(C)c(N)c(C(=O)O)c1. The van der Waals surface area contributed by atoms with Gasteiger partial charge < -0.3 is 20.9 Å². The van der Waals surface area contributed by atoms with Gasteiger partial charge in [0.25, 0.3) is 0 Å². The first-order valence-electron chi connectivity index (χ1n) is 5.48. The minimum Gasteiger partial charge on any atom is -0.478 e. The molecule has 0 saturated heterocycles. The van der Waals surface area contributed by atoms with Crippen molar-refractivity contribution in [3.8, 4) is 0 Å². The van der Waals surface area contributed by atoms with Crippen LogP contribution in [0.25, 0.3) is 0 Å². The van der Waals surface area contributed by atoms with Crippen LogP contribution >= 0.6 is 0 Å². The van der Waals surface area contributed by atoms with Gasteiger partial charge in [-0.2, -0.15) is 0 Å². The maximum Gasteiger partial charge on any atom is 0.337 e. The number of anilines is 2. The van der Waals surface area contributed by atoms with Gasteiger partial charge in [0.2, 0.25) is 0 Å². The first-order chi connectivity index (χ1) is 8.45. The number of esters is 1. The van der Waals surface area contributed by atoms with Gasteiger partial charge >= 0.3 is 11.9 Å². The summed E-state index contributed by atoms with van der Waals surface area (Å²) in [6.07, 6.45) is 0. The fraction of sp³-hybridized carbons (Fsp3) is 0.333. The molecule has 0 aliphatic heterocycles. The second kappa shape index (κ2) is 5.90. The van der Waals surface area contributed by atoms with Crippen LogP contribution in [0.1, 0.15) is 22.8 Å². The van der Waals surface area contributed by atoms with E-state index in [0.29, 0.717) is 17.9 Å². The molecule has 0 amide bonds. The average molecular weight is 252 g/mol. The van der Waals surface area contributed by atoms with Crippen molar-refractivity contribution in [3.63, 3.8) is 0 Å². The third-order valence-electron chi connectivity index (χ3n) is 2.36. The number of carbonyl (C=O) groups excluding carboxylic acids is 1. The lowest BCUT2D eigenvalue weighted by molar-refractivity contribution is -0.140. The molecule has 0 fully saturated rings. The number of carboxylic acid groups (broad SMARTS) is 1. The summed E-state index contributed by atoms with van der Waals surface area (Å²) in [6.45, 7) is 3.71. The molecule has 0 saturated carbocycles. The van der Waals surface area contributed by atoms with E-state index >= 15 is 0 Å². The fourth-order valence-electron chi connectivity index (χ4n) is 1.46. The standard InChI is InChI=1S/C12H16N2O4/c1-3-18-10(15)6-14-8-4-7(2)11(13)9(5-8)12(16)17/h4-5,14H,3,6,13H2,1-2H3,(H,16,17). The lowest BCUT2D eigenvalue weighted by Crippen LogP contribution is -2.17. The van der Waals surface area contributed by atoms with Gasteiger partial charge in [0.15, 0.2) is 0 Å². The monoisotopic (exact) mass is 252 g/mol. The van der Waals surface area contributed by atoms with Crippen LogP contribution in [0.5, 0.6) is 0 Å². The van der Waals surface area contributed by atoms with E-state index in [9.17, 15) is 9.59 Å². The molecule has 1 rings (SSSR count). The maximum absolute atomic E-state index is 11.2. The Bertz CT molecular complexity index is 471. The quantitative estimate of drug-likeness (QED) is 0.538. The highest BCUT2D eigenvalue weighted by molar-refractivity contribution is 5.96. The smallest absolute Gasteiger partial charge is 0.337 e. The minimum atomic E-state index is -1.10. The van der Waals surface area contributed by atoms with Crippen molar-refractivity contribution in [3.05, 3.63) is 23.3 Å². The van der Waals surface area contributed by atoms with Crippen molar-refractivity contribution >= 4 is 23.3 Å². The third-order valence-corrected chi connectivity index (χ3v) is 2.36. The Balaban J connectivity index is 2.84. The highest BCUT2D eigenvalue weighted by Gasteiger charge is 2.12. The number of carbonyl (C=O) groups is 2. The Morgan fingerprint density at radius 3 is 2.67 bits per heavy atom. The highest BCUT2D eigenvalue weighted by Crippen LogP contribution is 2.22. The number of hydrogen-bond donors (Lipinski definition) is 3. The number of aromatic carboxylic acids is 1. The Hall–Kier alpha value is -2.24. The van der Waals surface area contributed by atoms with E-state index in [2.05, 4.69) is 5.32 Å². The van der Waals surface area contributed by atoms with E-state index in [4.69, 9.17) is 15.6 Å². The van der Waals surface area contributed by atoms with Crippen LogP contribution in [0.2, 0.25) is 0 Å². The summed E-state index contributed by atoms with van der Waals surface area (Å²) < 4.78 is 4.75. The molecule has 0 radical (unpaired) electrons. The number of nitrogens with one attached hydrogen (secondary N) is 1. The molecule has 98 valence electrons. The van der Waals surface area contributed by atoms with E-state index in [-0.39, 0.29) is 17.8 Å². The summed E-state index contributed by atoms with van der Waals surface area (Å²) in [6, 6.07) is 3.07. The molecule has 6 heteroatoms. The zero-order valence-corrected chi connectivity index (χ0v) is 10.3. The van der Waals surface area contributed by atoms with Crippen LogP contribution in [-0.4, -0.2) is 30.2 Å². The number of aryl methyl sites for hydroxylation is 1. The number of benzene rings is 1. The van der Waals surface area contributed by atoms with Crippen LogP contribution < -0.4 is 11.1 Å². The fourth-order valence-corrected chi connectivity index (χ4v) is 1.46. The van der Waals surface area contributed by atoms with Gasteiger partial charge in [-0.25, -0.2) is 4.79 Å². The van der Waals surface area contributed by atoms with Gasteiger partial charge in [-0.1, -0.05) is 0 Å². The van der Waals surface area contributed by atoms with Gasteiger partial charge in [-0.3, -0.25) is 4.79 Å². The highest BCUT2D eigenvalue weighted by atomic mass is 16.5. The number of rotatable bonds is 5. The van der Waals surface area contributed by atoms with E-state index in [1.165, 1.54) is 6.07 Å². The number of ether oxygens (including phenoxy) is 1. The Labute approximate surface area is 105 Å². The molecule has 0 heterocycles. The van der Waals surface area contributed by atoms with E-state index in [1.54, 1.807) is 19.9 Å². The molecule has 0 aliphatic carbocycles. The molecule has 0 aromatic heterocycles. The molecule has 0 spiro atoms. The molecule has 0 aliphatic rings. The van der Waals surface area contributed by atoms with Crippen LogP contribution in [0, 0.1) is 6.92 Å². The summed E-state index contributed by atoms with van der Waals surface area (Å²) in [7, 11) is 0. The molecule has 1 aromatic carbocycles. The number of carboxylic acids is 1. The largest absolute Gasteiger partial charge is 0.478 e. The number of hydrogen-bond acceptors (Lipinski definition) is 5. The second-order valence-corrected chi connectivity index (χ2v) is 3.72. The molecule has 1 aromatic rings. The molecule has 0 atom stereocenters. The molecular formula is C12H16N2O4. The normalized spacial score (nSPS) is 9.89. The molecule has 6 nitrogen and oxygen atoms in total. The topological polar surface area (TPSA) is 102 Å². The Kier molecular flexibility index (Phi) is 4.53. The van der Waals surface area contributed by atoms with Crippen molar-refractivity contribution in [2.24, 2.45) is 0 Å². The van der Waals surface area contributed by atoms with Crippen LogP contribution in [-0.2, 0) is 9.53 Å². The zero-order chi connectivity index (χ0) is 13.7. The number of nitrogen functional groups attached to an aromatic ring is 1. The minimum absolute atomic E-state index is 0.0151. The summed E-state index contributed by atoms with van der Waals surface area (Å²) in [5, 5.41) is 11.8. The zero-order valence-electron chi connectivity index (χ0n) is 10.3. The van der Waals surface area contributed by atoms with Gasteiger partial charge in [-0.05, 0) is 31.5 Å². The molecule has 0 bridgehead atoms. The lowest BCUT2D eigenvalue weighted by atomic mass is 10.1. The van der Waals surface area contributed by atoms with E-state index < -0.39 is 11.9 Å². The van der Waals surface area contributed by atoms with Crippen molar-refractivity contribution in [2.75, 3.05) is 24.2 Å². The molecule has 4 N–H and O–H groups in total. The summed E-state index contributed by atoms with van der Waals surface area (Å²) in [5.41, 5.74) is 7.06. The summed E-state index contributed by atoms with van der Waals surface area (Å²) >= 11 is 0. The van der Waals surface area contributed by atoms with Crippen LogP contribution in [0.15, 0.2) is 12.1 Å². The number of nitrogens with two attached hydrogens (primary N) is 1. The summed E-state index contributed by atoms with van der Waals surface area (Å²) in [4.78, 5) is 22.1. The van der Waals surface area contributed by atoms with Crippen LogP contribution in [0.4, 0.5) is 11.4 Å². The second-order valence-electron chi connectivity index (χ2n) is 3.72.